The Labute approximate surface area is 242 Å². The van der Waals surface area contributed by atoms with Crippen LogP contribution in [0.1, 0.15) is 52.2 Å². The molecular formula is C29H38F3N5O5. The lowest BCUT2D eigenvalue weighted by molar-refractivity contribution is -0.176. The highest BCUT2D eigenvalue weighted by Crippen LogP contribution is 2.65. The lowest BCUT2D eigenvalue weighted by Crippen LogP contribution is -2.61. The van der Waals surface area contributed by atoms with Crippen LogP contribution in [-0.2, 0) is 30.4 Å². The second-order valence-corrected chi connectivity index (χ2v) is 13.4. The fourth-order valence-corrected chi connectivity index (χ4v) is 6.43. The zero-order valence-corrected chi connectivity index (χ0v) is 24.5. The maximum Gasteiger partial charge on any atom is 0.471 e. The number of rotatable bonds is 7. The Hall–Kier alpha value is -3.64. The van der Waals surface area contributed by atoms with Gasteiger partial charge in [0.25, 0.3) is 0 Å². The molecule has 1 aromatic carbocycles. The average Bonchev–Trinajstić information content (AvgIpc) is 3.19. The number of primary amides is 1. The van der Waals surface area contributed by atoms with E-state index in [9.17, 15) is 37.1 Å². The van der Waals surface area contributed by atoms with Crippen LogP contribution in [0.3, 0.4) is 0 Å². The van der Waals surface area contributed by atoms with Crippen molar-refractivity contribution in [3.05, 3.63) is 29.3 Å². The molecule has 230 valence electrons. The van der Waals surface area contributed by atoms with Gasteiger partial charge in [0.1, 0.15) is 18.1 Å². The third-order valence-electron chi connectivity index (χ3n) is 8.94. The molecule has 2 heterocycles. The largest absolute Gasteiger partial charge is 0.471 e. The van der Waals surface area contributed by atoms with Crippen LogP contribution in [0.4, 0.5) is 18.9 Å². The van der Waals surface area contributed by atoms with Crippen LogP contribution in [0.5, 0.6) is 0 Å². The van der Waals surface area contributed by atoms with E-state index >= 15 is 0 Å². The Bertz CT molecular complexity index is 1320. The number of nitrogens with zero attached hydrogens (tertiary/aromatic N) is 1. The fourth-order valence-electron chi connectivity index (χ4n) is 6.43. The number of alkyl halides is 3. The summed E-state index contributed by atoms with van der Waals surface area (Å²) in [7, 11) is 0. The van der Waals surface area contributed by atoms with E-state index in [1.807, 2.05) is 38.2 Å². The maximum absolute atomic E-state index is 13.7. The predicted octanol–water partition coefficient (Wildman–Crippen LogP) is 2.04. The summed E-state index contributed by atoms with van der Waals surface area (Å²) in [6.07, 6.45) is -4.94. The molecular weight excluding hydrogens is 555 g/mol. The van der Waals surface area contributed by atoms with Gasteiger partial charge in [-0.1, -0.05) is 52.3 Å². The lowest BCUT2D eigenvalue weighted by atomic mass is 9.85. The minimum atomic E-state index is -5.20. The predicted molar refractivity (Wildman–Crippen MR) is 146 cm³/mol. The van der Waals surface area contributed by atoms with E-state index in [1.54, 1.807) is 6.07 Å². The first kappa shape index (κ1) is 31.3. The summed E-state index contributed by atoms with van der Waals surface area (Å²) in [6, 6.07) is 1.69. The number of hydrogen-bond acceptors (Lipinski definition) is 5. The number of benzene rings is 1. The van der Waals surface area contributed by atoms with E-state index in [0.717, 1.165) is 11.1 Å². The second-order valence-electron chi connectivity index (χ2n) is 13.4. The lowest BCUT2D eigenvalue weighted by Gasteiger charge is -2.38. The van der Waals surface area contributed by atoms with Gasteiger partial charge in [-0.15, -0.1) is 0 Å². The molecule has 3 aliphatic rings. The van der Waals surface area contributed by atoms with Gasteiger partial charge in [0.15, 0.2) is 0 Å². The smallest absolute Gasteiger partial charge is 0.368 e. The van der Waals surface area contributed by atoms with E-state index in [1.165, 1.54) is 25.7 Å². The Balaban J connectivity index is 1.55. The molecule has 1 aromatic rings. The summed E-state index contributed by atoms with van der Waals surface area (Å²) in [4.78, 5) is 65.7. The first-order valence-corrected chi connectivity index (χ1v) is 13.9. The van der Waals surface area contributed by atoms with E-state index in [0.29, 0.717) is 12.1 Å². The second kappa shape index (κ2) is 10.6. The van der Waals surface area contributed by atoms with Crippen molar-refractivity contribution < 1.29 is 37.1 Å². The van der Waals surface area contributed by atoms with Gasteiger partial charge in [0.2, 0.25) is 23.6 Å². The quantitative estimate of drug-likeness (QED) is 0.382. The van der Waals surface area contributed by atoms with Gasteiger partial charge in [0.05, 0.1) is 0 Å². The molecule has 13 heteroatoms. The molecule has 10 nitrogen and oxygen atoms in total. The number of carbonyl (C=O) groups is 5. The van der Waals surface area contributed by atoms with Gasteiger partial charge in [0, 0.05) is 18.2 Å². The number of fused-ring (bicyclic) bond motifs is 2. The van der Waals surface area contributed by atoms with Crippen LogP contribution in [0, 0.1) is 35.5 Å². The highest BCUT2D eigenvalue weighted by atomic mass is 19.4. The molecule has 42 heavy (non-hydrogen) atoms. The zero-order valence-electron chi connectivity index (χ0n) is 24.5. The summed E-state index contributed by atoms with van der Waals surface area (Å²) in [5, 5.41) is 7.26. The molecule has 6 atom stereocenters. The van der Waals surface area contributed by atoms with E-state index in [-0.39, 0.29) is 36.1 Å². The van der Waals surface area contributed by atoms with Gasteiger partial charge in [-0.2, -0.15) is 13.2 Å². The normalized spacial score (nSPS) is 25.8. The van der Waals surface area contributed by atoms with Crippen molar-refractivity contribution in [2.75, 3.05) is 11.9 Å². The number of anilines is 1. The van der Waals surface area contributed by atoms with Crippen LogP contribution in [0.25, 0.3) is 0 Å². The van der Waals surface area contributed by atoms with Crippen LogP contribution in [0.15, 0.2) is 18.2 Å². The summed E-state index contributed by atoms with van der Waals surface area (Å²) in [5.74, 6) is -6.03. The van der Waals surface area contributed by atoms with Crippen LogP contribution < -0.4 is 21.7 Å². The van der Waals surface area contributed by atoms with Crippen molar-refractivity contribution >= 4 is 35.2 Å². The average molecular weight is 594 g/mol. The molecule has 0 bridgehead atoms. The first-order chi connectivity index (χ1) is 19.2. The monoisotopic (exact) mass is 593 g/mol. The van der Waals surface area contributed by atoms with Gasteiger partial charge in [-0.25, -0.2) is 0 Å². The molecule has 5 N–H and O–H groups in total. The third kappa shape index (κ3) is 5.96. The number of piperidine rings is 1. The summed E-state index contributed by atoms with van der Waals surface area (Å²) >= 11 is 0. The molecule has 1 saturated heterocycles. The minimum Gasteiger partial charge on any atom is -0.368 e. The van der Waals surface area contributed by atoms with Crippen molar-refractivity contribution in [1.29, 1.82) is 0 Å². The number of carbonyl (C=O) groups excluding carboxylic acids is 5. The van der Waals surface area contributed by atoms with Crippen molar-refractivity contribution in [3.8, 4) is 0 Å². The Morgan fingerprint density at radius 2 is 1.79 bits per heavy atom. The van der Waals surface area contributed by atoms with Crippen molar-refractivity contribution in [1.82, 2.24) is 15.5 Å². The number of aryl methyl sites for hydroxylation is 1. The highest BCUT2D eigenvalue weighted by molar-refractivity contribution is 5.98. The Morgan fingerprint density at radius 1 is 1.14 bits per heavy atom. The van der Waals surface area contributed by atoms with Crippen LogP contribution >= 0.6 is 0 Å². The van der Waals surface area contributed by atoms with E-state index < -0.39 is 59.3 Å². The molecule has 0 spiro atoms. The van der Waals surface area contributed by atoms with Gasteiger partial charge >= 0.3 is 12.1 Å². The number of nitrogens with one attached hydrogen (secondary N) is 3. The number of halogens is 3. The van der Waals surface area contributed by atoms with Crippen LogP contribution in [0.2, 0.25) is 0 Å². The molecule has 2 aliphatic heterocycles. The number of likely N-dealkylation sites (tertiary alicyclic amines) is 1. The SMILES string of the molecule is Cc1ccc2c(c1)CC(CC(NC(=O)[C@@H]1[C@@H]3[C@H](CN1C(=O)[C@@H](NC(=O)C(F)(F)F)C(C)(C)C)C3(C)C)C(N)=O)C(=O)N2. The van der Waals surface area contributed by atoms with Crippen LogP contribution in [-0.4, -0.2) is 65.3 Å². The topological polar surface area (TPSA) is 151 Å². The third-order valence-corrected chi connectivity index (χ3v) is 8.94. The number of nitrogens with two attached hydrogens (primary N) is 1. The molecule has 0 radical (unpaired) electrons. The van der Waals surface area contributed by atoms with E-state index in [2.05, 4.69) is 10.6 Å². The number of amides is 5. The van der Waals surface area contributed by atoms with Gasteiger partial charge in [-0.3, -0.25) is 24.0 Å². The molecule has 5 amide bonds. The molecule has 2 fully saturated rings. The Kier molecular flexibility index (Phi) is 7.88. The highest BCUT2D eigenvalue weighted by Gasteiger charge is 2.70. The minimum absolute atomic E-state index is 0.0787. The molecule has 1 saturated carbocycles. The first-order valence-electron chi connectivity index (χ1n) is 13.9. The Morgan fingerprint density at radius 3 is 2.36 bits per heavy atom. The molecule has 2 unspecified atom stereocenters. The fraction of sp³-hybridized carbons (Fsp3) is 0.621. The summed E-state index contributed by atoms with van der Waals surface area (Å²) in [5.41, 5.74) is 6.75. The maximum atomic E-state index is 13.7. The molecule has 0 aromatic heterocycles. The van der Waals surface area contributed by atoms with Gasteiger partial charge < -0.3 is 26.6 Å². The summed E-state index contributed by atoms with van der Waals surface area (Å²) < 4.78 is 39.2. The van der Waals surface area contributed by atoms with Crippen molar-refractivity contribution in [3.63, 3.8) is 0 Å². The molecule has 1 aliphatic carbocycles. The number of hydrogen-bond donors (Lipinski definition) is 4. The van der Waals surface area contributed by atoms with E-state index in [4.69, 9.17) is 5.73 Å². The standard InChI is InChI=1S/C29H38F3N5O5/c1-13-7-8-17-14(9-13)10-15(23(39)34-17)11-18(22(33)38)35-24(40)20-19-16(28(19,5)6)12-37(20)25(41)21(27(2,3)4)36-26(42)29(30,31)32/h7-9,15-16,18-21H,10-12H2,1-6H3,(H2,33,38)(H,34,39)(H,35,40)(H,36,42)/t15?,16-,18?,19-,20-,21+/m0/s1. The van der Waals surface area contributed by atoms with Gasteiger partial charge in [-0.05, 0) is 54.1 Å². The molecule has 4 rings (SSSR count). The summed E-state index contributed by atoms with van der Waals surface area (Å²) in [6.45, 7) is 10.4. The van der Waals surface area contributed by atoms with Crippen molar-refractivity contribution in [2.24, 2.45) is 34.3 Å². The van der Waals surface area contributed by atoms with Crippen molar-refractivity contribution in [2.45, 2.75) is 78.7 Å². The zero-order chi connectivity index (χ0) is 31.5.